The minimum atomic E-state index is -0.717. The molecule has 0 saturated carbocycles. The summed E-state index contributed by atoms with van der Waals surface area (Å²) in [6, 6.07) is 2.81. The third-order valence-electron chi connectivity index (χ3n) is 1.29. The predicted molar refractivity (Wildman–Crippen MR) is 47.9 cm³/mol. The SMILES string of the molecule is CCOC(=O)c1ccc(Br)c(F)n1. The van der Waals surface area contributed by atoms with Crippen LogP contribution in [0.25, 0.3) is 0 Å². The summed E-state index contributed by atoms with van der Waals surface area (Å²) in [4.78, 5) is 14.4. The van der Waals surface area contributed by atoms with Crippen molar-refractivity contribution < 1.29 is 13.9 Å². The lowest BCUT2D eigenvalue weighted by Gasteiger charge is -2.00. The molecule has 0 aliphatic carbocycles. The second-order valence-corrected chi connectivity index (χ2v) is 3.04. The van der Waals surface area contributed by atoms with E-state index >= 15 is 0 Å². The molecule has 0 saturated heterocycles. The van der Waals surface area contributed by atoms with Crippen LogP contribution in [0.2, 0.25) is 0 Å². The number of ether oxygens (including phenoxy) is 1. The van der Waals surface area contributed by atoms with Gasteiger partial charge in [-0.15, -0.1) is 0 Å². The lowest BCUT2D eigenvalue weighted by atomic mass is 10.3. The molecule has 13 heavy (non-hydrogen) atoms. The molecule has 1 rings (SSSR count). The first-order chi connectivity index (χ1) is 6.15. The van der Waals surface area contributed by atoms with Crippen LogP contribution >= 0.6 is 15.9 Å². The fourth-order valence-electron chi connectivity index (χ4n) is 0.736. The summed E-state index contributed by atoms with van der Waals surface area (Å²) >= 11 is 2.93. The Kier molecular flexibility index (Phi) is 3.36. The molecule has 1 aromatic rings. The Morgan fingerprint density at radius 2 is 2.38 bits per heavy atom. The molecule has 3 nitrogen and oxygen atoms in total. The number of nitrogens with zero attached hydrogens (tertiary/aromatic N) is 1. The van der Waals surface area contributed by atoms with E-state index in [9.17, 15) is 9.18 Å². The van der Waals surface area contributed by atoms with Crippen molar-refractivity contribution in [3.63, 3.8) is 0 Å². The number of pyridine rings is 1. The van der Waals surface area contributed by atoms with Gasteiger partial charge >= 0.3 is 5.97 Å². The van der Waals surface area contributed by atoms with Gasteiger partial charge in [-0.2, -0.15) is 4.39 Å². The fraction of sp³-hybridized carbons (Fsp3) is 0.250. The van der Waals surface area contributed by atoms with Crippen molar-refractivity contribution in [2.24, 2.45) is 0 Å². The molecule has 0 aromatic carbocycles. The Hall–Kier alpha value is -0.970. The number of esters is 1. The van der Waals surface area contributed by atoms with Crippen molar-refractivity contribution in [1.82, 2.24) is 4.98 Å². The van der Waals surface area contributed by atoms with Crippen molar-refractivity contribution in [2.75, 3.05) is 6.61 Å². The number of hydrogen-bond acceptors (Lipinski definition) is 3. The summed E-state index contributed by atoms with van der Waals surface area (Å²) in [7, 11) is 0. The van der Waals surface area contributed by atoms with Gasteiger partial charge in [0.1, 0.15) is 0 Å². The van der Waals surface area contributed by atoms with Crippen LogP contribution in [0.15, 0.2) is 16.6 Å². The van der Waals surface area contributed by atoms with Crippen molar-refractivity contribution in [1.29, 1.82) is 0 Å². The number of carbonyl (C=O) groups excluding carboxylic acids is 1. The number of hydrogen-bond donors (Lipinski definition) is 0. The number of carbonyl (C=O) groups is 1. The molecule has 0 aliphatic heterocycles. The van der Waals surface area contributed by atoms with Gasteiger partial charge in [0.05, 0.1) is 11.1 Å². The van der Waals surface area contributed by atoms with Gasteiger partial charge in [-0.3, -0.25) is 0 Å². The van der Waals surface area contributed by atoms with Crippen LogP contribution in [-0.4, -0.2) is 17.6 Å². The summed E-state index contributed by atoms with van der Waals surface area (Å²) < 4.78 is 17.7. The van der Waals surface area contributed by atoms with E-state index in [1.54, 1.807) is 6.92 Å². The van der Waals surface area contributed by atoms with Crippen LogP contribution in [0.1, 0.15) is 17.4 Å². The van der Waals surface area contributed by atoms with E-state index in [0.29, 0.717) is 0 Å². The molecule has 1 aromatic heterocycles. The van der Waals surface area contributed by atoms with Crippen molar-refractivity contribution in [2.45, 2.75) is 6.92 Å². The lowest BCUT2D eigenvalue weighted by Crippen LogP contribution is -2.07. The van der Waals surface area contributed by atoms with E-state index in [4.69, 9.17) is 0 Å². The predicted octanol–water partition coefficient (Wildman–Crippen LogP) is 2.16. The highest BCUT2D eigenvalue weighted by Crippen LogP contribution is 2.13. The standard InChI is InChI=1S/C8H7BrFNO2/c1-2-13-8(12)6-4-3-5(9)7(10)11-6/h3-4H,2H2,1H3. The zero-order valence-corrected chi connectivity index (χ0v) is 8.47. The normalized spacial score (nSPS) is 9.77. The molecule has 70 valence electrons. The number of aromatic nitrogens is 1. The number of halogens is 2. The van der Waals surface area contributed by atoms with E-state index in [-0.39, 0.29) is 16.8 Å². The quantitative estimate of drug-likeness (QED) is 0.594. The molecule has 0 unspecified atom stereocenters. The molecule has 0 radical (unpaired) electrons. The topological polar surface area (TPSA) is 39.2 Å². The van der Waals surface area contributed by atoms with Gasteiger partial charge in [0.15, 0.2) is 5.69 Å². The molecule has 1 heterocycles. The molecule has 0 aliphatic rings. The summed E-state index contributed by atoms with van der Waals surface area (Å²) in [6.45, 7) is 1.92. The van der Waals surface area contributed by atoms with E-state index in [0.717, 1.165) is 0 Å². The maximum Gasteiger partial charge on any atom is 0.357 e. The molecular weight excluding hydrogens is 241 g/mol. The summed E-state index contributed by atoms with van der Waals surface area (Å²) in [5.41, 5.74) is -0.0254. The molecule has 0 amide bonds. The first-order valence-electron chi connectivity index (χ1n) is 3.64. The third kappa shape index (κ3) is 2.48. The largest absolute Gasteiger partial charge is 0.461 e. The monoisotopic (exact) mass is 247 g/mol. The second-order valence-electron chi connectivity index (χ2n) is 2.19. The second kappa shape index (κ2) is 4.32. The lowest BCUT2D eigenvalue weighted by molar-refractivity contribution is 0.0518. The number of rotatable bonds is 2. The highest BCUT2D eigenvalue weighted by Gasteiger charge is 2.10. The Morgan fingerprint density at radius 1 is 1.69 bits per heavy atom. The van der Waals surface area contributed by atoms with E-state index in [1.165, 1.54) is 12.1 Å². The maximum absolute atomic E-state index is 12.8. The minimum absolute atomic E-state index is 0.0254. The van der Waals surface area contributed by atoms with Gasteiger partial charge in [-0.25, -0.2) is 9.78 Å². The average molecular weight is 248 g/mol. The highest BCUT2D eigenvalue weighted by molar-refractivity contribution is 9.10. The minimum Gasteiger partial charge on any atom is -0.461 e. The fourth-order valence-corrected chi connectivity index (χ4v) is 0.957. The van der Waals surface area contributed by atoms with E-state index < -0.39 is 11.9 Å². The zero-order valence-electron chi connectivity index (χ0n) is 6.88. The van der Waals surface area contributed by atoms with Gasteiger partial charge in [0.25, 0.3) is 0 Å². The maximum atomic E-state index is 12.8. The average Bonchev–Trinajstić information content (AvgIpc) is 2.10. The van der Waals surface area contributed by atoms with Crippen LogP contribution in [-0.2, 0) is 4.74 Å². The van der Waals surface area contributed by atoms with Gasteiger partial charge in [0.2, 0.25) is 5.95 Å². The summed E-state index contributed by atoms with van der Waals surface area (Å²) in [6.07, 6.45) is 0. The Balaban J connectivity index is 2.90. The molecule has 0 spiro atoms. The Bertz CT molecular complexity index is 330. The molecular formula is C8H7BrFNO2. The smallest absolute Gasteiger partial charge is 0.357 e. The molecule has 5 heteroatoms. The summed E-state index contributed by atoms with van der Waals surface area (Å²) in [5.74, 6) is -1.33. The van der Waals surface area contributed by atoms with E-state index in [1.807, 2.05) is 0 Å². The van der Waals surface area contributed by atoms with Gasteiger partial charge in [-0.05, 0) is 35.0 Å². The van der Waals surface area contributed by atoms with Gasteiger partial charge in [0, 0.05) is 0 Å². The molecule has 0 bridgehead atoms. The molecule has 0 N–H and O–H groups in total. The molecule has 0 atom stereocenters. The summed E-state index contributed by atoms with van der Waals surface area (Å²) in [5, 5.41) is 0. The van der Waals surface area contributed by atoms with Crippen molar-refractivity contribution in [3.05, 3.63) is 28.2 Å². The Labute approximate surface area is 83.1 Å². The molecule has 0 fully saturated rings. The van der Waals surface area contributed by atoms with Crippen LogP contribution < -0.4 is 0 Å². The van der Waals surface area contributed by atoms with Crippen molar-refractivity contribution >= 4 is 21.9 Å². The van der Waals surface area contributed by atoms with Gasteiger partial charge in [-0.1, -0.05) is 0 Å². The highest BCUT2D eigenvalue weighted by atomic mass is 79.9. The first kappa shape index (κ1) is 10.1. The van der Waals surface area contributed by atoms with Crippen LogP contribution in [0.3, 0.4) is 0 Å². The first-order valence-corrected chi connectivity index (χ1v) is 4.43. The van der Waals surface area contributed by atoms with Gasteiger partial charge < -0.3 is 4.74 Å². The van der Waals surface area contributed by atoms with E-state index in [2.05, 4.69) is 25.7 Å². The van der Waals surface area contributed by atoms with Crippen molar-refractivity contribution in [3.8, 4) is 0 Å². The van der Waals surface area contributed by atoms with Crippen LogP contribution in [0.4, 0.5) is 4.39 Å². The van der Waals surface area contributed by atoms with Crippen LogP contribution in [0, 0.1) is 5.95 Å². The Morgan fingerprint density at radius 3 is 2.92 bits per heavy atom. The zero-order chi connectivity index (χ0) is 9.84. The third-order valence-corrected chi connectivity index (χ3v) is 1.88. The van der Waals surface area contributed by atoms with Crippen LogP contribution in [0.5, 0.6) is 0 Å².